The van der Waals surface area contributed by atoms with Crippen LogP contribution in [0, 0.1) is 13.8 Å². The minimum absolute atomic E-state index is 0.0487. The van der Waals surface area contributed by atoms with Gasteiger partial charge in [0.15, 0.2) is 5.82 Å². The molecule has 0 aliphatic carbocycles. The number of carbonyl (C=O) groups is 2. The Morgan fingerprint density at radius 3 is 2.68 bits per heavy atom. The summed E-state index contributed by atoms with van der Waals surface area (Å²) in [6.45, 7) is 3.56. The second kappa shape index (κ2) is 6.75. The van der Waals surface area contributed by atoms with E-state index in [9.17, 15) is 9.59 Å². The molecule has 0 bridgehead atoms. The third-order valence-electron chi connectivity index (χ3n) is 3.20. The Morgan fingerprint density at radius 1 is 1.27 bits per heavy atom. The van der Waals surface area contributed by atoms with Crippen molar-refractivity contribution >= 4 is 23.5 Å². The van der Waals surface area contributed by atoms with Crippen LogP contribution in [-0.4, -0.2) is 22.3 Å². The predicted octanol–water partition coefficient (Wildman–Crippen LogP) is 2.95. The average molecular weight is 303 g/mol. The van der Waals surface area contributed by atoms with Crippen LogP contribution in [0.3, 0.4) is 0 Å². The number of urea groups is 1. The van der Waals surface area contributed by atoms with E-state index in [0.717, 1.165) is 11.1 Å². The number of aryl methyl sites for hydroxylation is 2. The highest BCUT2D eigenvalue weighted by molar-refractivity contribution is 5.99. The third-order valence-corrected chi connectivity index (χ3v) is 3.20. The third kappa shape index (κ3) is 4.08. The lowest BCUT2D eigenvalue weighted by Crippen LogP contribution is -2.20. The molecule has 116 valence electrons. The molecule has 7 heteroatoms. The first kappa shape index (κ1) is 15.6. The number of anilines is 2. The second-order valence-electron chi connectivity index (χ2n) is 4.89. The van der Waals surface area contributed by atoms with Gasteiger partial charge in [-0.25, -0.2) is 4.79 Å². The molecule has 0 saturated heterocycles. The molecular formula is C15H17N3O4. The van der Waals surface area contributed by atoms with E-state index in [1.54, 1.807) is 32.0 Å². The molecule has 0 saturated carbocycles. The largest absolute Gasteiger partial charge is 0.481 e. The fourth-order valence-electron chi connectivity index (χ4n) is 1.86. The number of rotatable bonds is 5. The van der Waals surface area contributed by atoms with Crippen LogP contribution in [0.1, 0.15) is 23.3 Å². The number of nitrogens with one attached hydrogen (secondary N) is 2. The maximum Gasteiger partial charge on any atom is 0.324 e. The normalized spacial score (nSPS) is 10.3. The van der Waals surface area contributed by atoms with Gasteiger partial charge in [0.25, 0.3) is 0 Å². The minimum Gasteiger partial charge on any atom is -0.481 e. The van der Waals surface area contributed by atoms with E-state index >= 15 is 0 Å². The average Bonchev–Trinajstić information content (AvgIpc) is 2.77. The van der Waals surface area contributed by atoms with Gasteiger partial charge < -0.3 is 14.9 Å². The molecule has 0 atom stereocenters. The number of carboxylic acid groups (broad SMARTS) is 1. The van der Waals surface area contributed by atoms with Gasteiger partial charge in [0.05, 0.1) is 0 Å². The first-order chi connectivity index (χ1) is 10.5. The number of aliphatic carboxylic acids is 1. The van der Waals surface area contributed by atoms with Gasteiger partial charge in [-0.3, -0.25) is 10.1 Å². The van der Waals surface area contributed by atoms with Crippen molar-refractivity contribution < 1.29 is 19.2 Å². The van der Waals surface area contributed by atoms with Crippen molar-refractivity contribution in [1.29, 1.82) is 0 Å². The smallest absolute Gasteiger partial charge is 0.324 e. The molecule has 2 amide bonds. The lowest BCUT2D eigenvalue weighted by molar-refractivity contribution is -0.136. The molecule has 22 heavy (non-hydrogen) atoms. The number of aromatic nitrogens is 1. The summed E-state index contributed by atoms with van der Waals surface area (Å²) in [5.41, 5.74) is 2.19. The molecular weight excluding hydrogens is 286 g/mol. The molecule has 3 N–H and O–H groups in total. The van der Waals surface area contributed by atoms with E-state index in [1.807, 2.05) is 6.07 Å². The Hall–Kier alpha value is -2.83. The Balaban J connectivity index is 1.98. The maximum absolute atomic E-state index is 11.9. The van der Waals surface area contributed by atoms with Crippen molar-refractivity contribution in [2.75, 3.05) is 10.6 Å². The van der Waals surface area contributed by atoms with Crippen molar-refractivity contribution in [2.45, 2.75) is 26.7 Å². The van der Waals surface area contributed by atoms with Crippen LogP contribution in [0.4, 0.5) is 16.3 Å². The summed E-state index contributed by atoms with van der Waals surface area (Å²) in [6, 6.07) is 6.61. The first-order valence-corrected chi connectivity index (χ1v) is 6.77. The standard InChI is InChI=1S/C15H17N3O4/c1-9-10(2)22-18-14(9)17-15(21)16-12-5-3-4-11(8-12)6-7-13(19)20/h3-5,8H,6-7H2,1-2H3,(H,19,20)(H2,16,17,18,21). The van der Waals surface area contributed by atoms with E-state index in [1.165, 1.54) is 0 Å². The number of nitrogens with zero attached hydrogens (tertiary/aromatic N) is 1. The Kier molecular flexibility index (Phi) is 4.77. The molecule has 2 rings (SSSR count). The van der Waals surface area contributed by atoms with Gasteiger partial charge in [-0.15, -0.1) is 0 Å². The zero-order valence-corrected chi connectivity index (χ0v) is 12.3. The van der Waals surface area contributed by atoms with Crippen LogP contribution >= 0.6 is 0 Å². The van der Waals surface area contributed by atoms with Crippen LogP contribution in [-0.2, 0) is 11.2 Å². The lowest BCUT2D eigenvalue weighted by atomic mass is 10.1. The minimum atomic E-state index is -0.854. The zero-order chi connectivity index (χ0) is 16.1. The second-order valence-corrected chi connectivity index (χ2v) is 4.89. The van der Waals surface area contributed by atoms with Crippen molar-refractivity contribution in [3.8, 4) is 0 Å². The molecule has 0 radical (unpaired) electrons. The number of amides is 2. The van der Waals surface area contributed by atoms with Crippen LogP contribution in [0.2, 0.25) is 0 Å². The molecule has 1 aromatic heterocycles. The Labute approximate surface area is 127 Å². The number of hydrogen-bond acceptors (Lipinski definition) is 4. The summed E-state index contributed by atoms with van der Waals surface area (Å²) in [4.78, 5) is 22.5. The molecule has 2 aromatic rings. The highest BCUT2D eigenvalue weighted by atomic mass is 16.5. The van der Waals surface area contributed by atoms with Gasteiger partial charge in [-0.1, -0.05) is 17.3 Å². The molecule has 0 aliphatic rings. The number of hydrogen-bond donors (Lipinski definition) is 3. The topological polar surface area (TPSA) is 104 Å². The molecule has 1 aromatic carbocycles. The lowest BCUT2D eigenvalue weighted by Gasteiger charge is -2.07. The molecule has 0 fully saturated rings. The summed E-state index contributed by atoms with van der Waals surface area (Å²) in [6.07, 6.45) is 0.459. The van der Waals surface area contributed by atoms with Crippen molar-refractivity contribution in [2.24, 2.45) is 0 Å². The fraction of sp³-hybridized carbons (Fsp3) is 0.267. The fourth-order valence-corrected chi connectivity index (χ4v) is 1.86. The number of benzene rings is 1. The summed E-state index contributed by atoms with van der Waals surface area (Å²) in [5, 5.41) is 17.7. The van der Waals surface area contributed by atoms with Crippen molar-refractivity contribution in [1.82, 2.24) is 5.16 Å². The zero-order valence-electron chi connectivity index (χ0n) is 12.3. The van der Waals surface area contributed by atoms with Gasteiger partial charge in [-0.05, 0) is 38.0 Å². The quantitative estimate of drug-likeness (QED) is 0.787. The van der Waals surface area contributed by atoms with E-state index in [4.69, 9.17) is 9.63 Å². The summed E-state index contributed by atoms with van der Waals surface area (Å²) in [5.74, 6) is 0.163. The highest BCUT2D eigenvalue weighted by Crippen LogP contribution is 2.17. The van der Waals surface area contributed by atoms with E-state index in [-0.39, 0.29) is 6.42 Å². The van der Waals surface area contributed by atoms with Crippen LogP contribution in [0.5, 0.6) is 0 Å². The molecule has 0 spiro atoms. The van der Waals surface area contributed by atoms with Gasteiger partial charge >= 0.3 is 12.0 Å². The van der Waals surface area contributed by atoms with E-state index in [0.29, 0.717) is 23.7 Å². The Bertz CT molecular complexity index is 694. The number of carboxylic acids is 1. The van der Waals surface area contributed by atoms with Crippen LogP contribution in [0.25, 0.3) is 0 Å². The van der Waals surface area contributed by atoms with Gasteiger partial charge in [0.2, 0.25) is 0 Å². The van der Waals surface area contributed by atoms with Crippen molar-refractivity contribution in [3.63, 3.8) is 0 Å². The van der Waals surface area contributed by atoms with Crippen LogP contribution in [0.15, 0.2) is 28.8 Å². The highest BCUT2D eigenvalue weighted by Gasteiger charge is 2.11. The summed E-state index contributed by atoms with van der Waals surface area (Å²) < 4.78 is 4.97. The maximum atomic E-state index is 11.9. The molecule has 1 heterocycles. The van der Waals surface area contributed by atoms with Gasteiger partial charge in [0, 0.05) is 17.7 Å². The SMILES string of the molecule is Cc1onc(NC(=O)Nc2cccc(CCC(=O)O)c2)c1C. The van der Waals surface area contributed by atoms with Gasteiger partial charge in [-0.2, -0.15) is 0 Å². The summed E-state index contributed by atoms with van der Waals surface area (Å²) >= 11 is 0. The molecule has 7 nitrogen and oxygen atoms in total. The first-order valence-electron chi connectivity index (χ1n) is 6.77. The molecule has 0 unspecified atom stereocenters. The van der Waals surface area contributed by atoms with E-state index in [2.05, 4.69) is 15.8 Å². The van der Waals surface area contributed by atoms with Gasteiger partial charge in [0.1, 0.15) is 5.76 Å². The predicted molar refractivity (Wildman–Crippen MR) is 81.0 cm³/mol. The Morgan fingerprint density at radius 2 is 2.05 bits per heavy atom. The van der Waals surface area contributed by atoms with Crippen molar-refractivity contribution in [3.05, 3.63) is 41.2 Å². The van der Waals surface area contributed by atoms with E-state index < -0.39 is 12.0 Å². The summed E-state index contributed by atoms with van der Waals surface area (Å²) in [7, 11) is 0. The number of carbonyl (C=O) groups excluding carboxylic acids is 1. The van der Waals surface area contributed by atoms with Crippen LogP contribution < -0.4 is 10.6 Å². The molecule has 0 aliphatic heterocycles. The monoisotopic (exact) mass is 303 g/mol.